The molecule has 200 valence electrons. The summed E-state index contributed by atoms with van der Waals surface area (Å²) in [6, 6.07) is 41.9. The minimum atomic E-state index is -0.165. The highest BCUT2D eigenvalue weighted by atomic mass is 14.9. The van der Waals surface area contributed by atoms with Gasteiger partial charge in [-0.3, -0.25) is 5.41 Å². The van der Waals surface area contributed by atoms with Crippen LogP contribution in [0.3, 0.4) is 0 Å². The van der Waals surface area contributed by atoms with Crippen molar-refractivity contribution < 1.29 is 0 Å². The van der Waals surface area contributed by atoms with Crippen LogP contribution < -0.4 is 5.49 Å². The third-order valence-electron chi connectivity index (χ3n) is 8.40. The Hall–Kier alpha value is -5.53. The molecule has 4 nitrogen and oxygen atoms in total. The highest BCUT2D eigenvalue weighted by Crippen LogP contribution is 2.50. The van der Waals surface area contributed by atoms with Crippen molar-refractivity contribution in [2.75, 3.05) is 0 Å². The van der Waals surface area contributed by atoms with Crippen molar-refractivity contribution in [3.63, 3.8) is 0 Å². The smallest absolute Gasteiger partial charge is 0.154 e. The number of nitrogens with one attached hydrogen (secondary N) is 2. The molecule has 1 heterocycles. The summed E-state index contributed by atoms with van der Waals surface area (Å²) >= 11 is 0. The first kappa shape index (κ1) is 25.4. The van der Waals surface area contributed by atoms with E-state index in [0.717, 1.165) is 16.7 Å². The lowest BCUT2D eigenvalue weighted by Crippen LogP contribution is -2.15. The van der Waals surface area contributed by atoms with Gasteiger partial charge in [0.15, 0.2) is 5.84 Å². The molecule has 0 saturated heterocycles. The molecule has 1 aliphatic rings. The number of nitriles is 1. The summed E-state index contributed by atoms with van der Waals surface area (Å²) in [5, 5.41) is 20.2. The van der Waals surface area contributed by atoms with Gasteiger partial charge in [0.2, 0.25) is 0 Å². The lowest BCUT2D eigenvalue weighted by atomic mass is 9.81. The number of fused-ring (bicyclic) bond motifs is 4. The van der Waals surface area contributed by atoms with E-state index in [-0.39, 0.29) is 11.3 Å². The molecular formula is C38H28N4. The predicted octanol–water partition coefficient (Wildman–Crippen LogP) is 8.61. The van der Waals surface area contributed by atoms with Gasteiger partial charge in [-0.05, 0) is 97.7 Å². The Labute approximate surface area is 244 Å². The van der Waals surface area contributed by atoms with Gasteiger partial charge in [-0.1, -0.05) is 86.6 Å². The number of nitrogens with zero attached hydrogens (tertiary/aromatic N) is 2. The molecule has 0 saturated carbocycles. The molecule has 42 heavy (non-hydrogen) atoms. The standard InChI is InChI=1S/C38H28N4/c1-38(2)34-19-24(23-39)6-16-32(34)33-17-15-31(22-35(33)38)30-14-13-28-20-27(11-12-29(28)21-30)25-7-9-26(10-8-25)37(40)42-36-5-3-4-18-41-36/h3-22H,1-2H3,(H2,40,41,42). The van der Waals surface area contributed by atoms with Gasteiger partial charge in [-0.25, -0.2) is 4.99 Å². The van der Waals surface area contributed by atoms with Crippen LogP contribution in [-0.4, -0.2) is 10.8 Å². The van der Waals surface area contributed by atoms with Crippen molar-refractivity contribution in [2.24, 2.45) is 4.99 Å². The van der Waals surface area contributed by atoms with Crippen molar-refractivity contribution in [1.29, 1.82) is 10.7 Å². The molecule has 5 aromatic carbocycles. The van der Waals surface area contributed by atoms with Gasteiger partial charge in [-0.2, -0.15) is 5.26 Å². The van der Waals surface area contributed by atoms with Gasteiger partial charge in [-0.15, -0.1) is 0 Å². The lowest BCUT2D eigenvalue weighted by molar-refractivity contribution is 0.660. The average Bonchev–Trinajstić information content (AvgIpc) is 3.26. The first-order chi connectivity index (χ1) is 20.4. The highest BCUT2D eigenvalue weighted by Gasteiger charge is 2.35. The normalized spacial score (nSPS) is 13.4. The third kappa shape index (κ3) is 4.33. The van der Waals surface area contributed by atoms with Crippen LogP contribution in [0.15, 0.2) is 126 Å². The molecule has 2 N–H and O–H groups in total. The van der Waals surface area contributed by atoms with Crippen LogP contribution in [-0.2, 0) is 5.41 Å². The second-order valence-corrected chi connectivity index (χ2v) is 11.3. The van der Waals surface area contributed by atoms with E-state index in [2.05, 4.69) is 90.6 Å². The number of hydrogen-bond donors (Lipinski definition) is 2. The molecule has 0 atom stereocenters. The number of rotatable bonds is 3. The lowest BCUT2D eigenvalue weighted by Gasteiger charge is -2.22. The van der Waals surface area contributed by atoms with Gasteiger partial charge in [0, 0.05) is 17.2 Å². The molecule has 0 fully saturated rings. The summed E-state index contributed by atoms with van der Waals surface area (Å²) in [6.45, 7) is 4.49. The molecule has 1 aromatic heterocycles. The second kappa shape index (κ2) is 9.83. The second-order valence-electron chi connectivity index (χ2n) is 11.3. The fraction of sp³-hybridized carbons (Fsp3) is 0.0789. The third-order valence-corrected chi connectivity index (χ3v) is 8.40. The summed E-state index contributed by atoms with van der Waals surface area (Å²) in [7, 11) is 0. The number of aromatic amines is 1. The predicted molar refractivity (Wildman–Crippen MR) is 170 cm³/mol. The van der Waals surface area contributed by atoms with E-state index in [1.807, 2.05) is 54.6 Å². The molecule has 6 aromatic rings. The topological polar surface area (TPSA) is 75.8 Å². The SMILES string of the molecule is CC1(C)c2cc(C#N)ccc2-c2ccc(-c3ccc4cc(-c5ccc(C(=N)N=c6cccc[nH]6)cc5)ccc4c3)cc21. The summed E-state index contributed by atoms with van der Waals surface area (Å²) in [5.41, 5.74) is 11.6. The zero-order chi connectivity index (χ0) is 28.8. The molecule has 1 aliphatic carbocycles. The van der Waals surface area contributed by atoms with Crippen LogP contribution in [0.25, 0.3) is 44.2 Å². The van der Waals surface area contributed by atoms with E-state index in [0.29, 0.717) is 11.1 Å². The number of aromatic nitrogens is 1. The Kier molecular flexibility index (Phi) is 5.96. The van der Waals surface area contributed by atoms with Crippen LogP contribution in [0.1, 0.15) is 36.1 Å². The molecule has 0 amide bonds. The number of amidine groups is 1. The van der Waals surface area contributed by atoms with Gasteiger partial charge in [0.05, 0.1) is 11.6 Å². The molecule has 4 heteroatoms. The van der Waals surface area contributed by atoms with Crippen LogP contribution in [0.4, 0.5) is 0 Å². The molecule has 0 unspecified atom stereocenters. The summed E-state index contributed by atoms with van der Waals surface area (Å²) in [6.07, 6.45) is 1.80. The van der Waals surface area contributed by atoms with Crippen molar-refractivity contribution >= 4 is 16.6 Å². The zero-order valence-corrected chi connectivity index (χ0v) is 23.4. The zero-order valence-electron chi connectivity index (χ0n) is 23.4. The van der Waals surface area contributed by atoms with Crippen LogP contribution >= 0.6 is 0 Å². The fourth-order valence-corrected chi connectivity index (χ4v) is 6.05. The quantitative estimate of drug-likeness (QED) is 0.171. The maximum absolute atomic E-state index is 9.43. The summed E-state index contributed by atoms with van der Waals surface area (Å²) < 4.78 is 0. The summed E-state index contributed by atoms with van der Waals surface area (Å²) in [5.74, 6) is 0.223. The fourth-order valence-electron chi connectivity index (χ4n) is 6.05. The van der Waals surface area contributed by atoms with Crippen molar-refractivity contribution in [3.8, 4) is 39.4 Å². The Balaban J connectivity index is 1.17. The van der Waals surface area contributed by atoms with E-state index in [1.165, 1.54) is 44.2 Å². The van der Waals surface area contributed by atoms with E-state index >= 15 is 0 Å². The molecule has 0 aliphatic heterocycles. The number of benzene rings is 5. The van der Waals surface area contributed by atoms with Crippen molar-refractivity contribution in [2.45, 2.75) is 19.3 Å². The van der Waals surface area contributed by atoms with Gasteiger partial charge >= 0.3 is 0 Å². The first-order valence-electron chi connectivity index (χ1n) is 14.0. The molecule has 0 spiro atoms. The van der Waals surface area contributed by atoms with Crippen molar-refractivity contribution in [1.82, 2.24) is 4.98 Å². The average molecular weight is 541 g/mol. The van der Waals surface area contributed by atoms with E-state index in [1.54, 1.807) is 6.20 Å². The van der Waals surface area contributed by atoms with Gasteiger partial charge in [0.25, 0.3) is 0 Å². The van der Waals surface area contributed by atoms with Crippen LogP contribution in [0, 0.1) is 16.7 Å². The Morgan fingerprint density at radius 3 is 1.95 bits per heavy atom. The Morgan fingerprint density at radius 2 is 1.29 bits per heavy atom. The molecule has 0 bridgehead atoms. The van der Waals surface area contributed by atoms with Crippen LogP contribution in [0.5, 0.6) is 0 Å². The maximum atomic E-state index is 9.43. The number of pyridine rings is 1. The van der Waals surface area contributed by atoms with Gasteiger partial charge < -0.3 is 4.98 Å². The largest absolute Gasteiger partial charge is 0.347 e. The minimum absolute atomic E-state index is 0.165. The number of hydrogen-bond acceptors (Lipinski definition) is 2. The van der Waals surface area contributed by atoms with Gasteiger partial charge in [0.1, 0.15) is 5.49 Å². The monoisotopic (exact) mass is 540 g/mol. The summed E-state index contributed by atoms with van der Waals surface area (Å²) in [4.78, 5) is 7.41. The Morgan fingerprint density at radius 1 is 0.690 bits per heavy atom. The highest BCUT2D eigenvalue weighted by molar-refractivity contribution is 5.98. The molecular weight excluding hydrogens is 512 g/mol. The van der Waals surface area contributed by atoms with E-state index < -0.39 is 0 Å². The van der Waals surface area contributed by atoms with E-state index in [9.17, 15) is 5.26 Å². The van der Waals surface area contributed by atoms with E-state index in [4.69, 9.17) is 5.41 Å². The minimum Gasteiger partial charge on any atom is -0.347 e. The number of H-pyrrole nitrogens is 1. The maximum Gasteiger partial charge on any atom is 0.154 e. The Bertz CT molecular complexity index is 2120. The molecule has 0 radical (unpaired) electrons. The first-order valence-corrected chi connectivity index (χ1v) is 14.0. The molecule has 7 rings (SSSR count). The van der Waals surface area contributed by atoms with Crippen LogP contribution in [0.2, 0.25) is 0 Å². The van der Waals surface area contributed by atoms with Crippen molar-refractivity contribution in [3.05, 3.63) is 149 Å².